The zero-order valence-corrected chi connectivity index (χ0v) is 17.7. The number of carbonyl (C=O) groups is 1. The van der Waals surface area contributed by atoms with Gasteiger partial charge in [0.25, 0.3) is 0 Å². The monoisotopic (exact) mass is 427 g/mol. The molecule has 0 saturated carbocycles. The fourth-order valence-corrected chi connectivity index (χ4v) is 4.42. The Balaban J connectivity index is 1.65. The molecule has 4 rings (SSSR count). The van der Waals surface area contributed by atoms with Crippen LogP contribution in [0.1, 0.15) is 43.4 Å². The number of aromatic hydroxyl groups is 1. The van der Waals surface area contributed by atoms with Crippen LogP contribution in [0.4, 0.5) is 4.79 Å². The Bertz CT molecular complexity index is 940. The Labute approximate surface area is 181 Å². The molecule has 2 aliphatic rings. The number of amides is 1. The molecule has 0 bridgehead atoms. The highest BCUT2D eigenvalue weighted by Gasteiger charge is 2.41. The van der Waals surface area contributed by atoms with E-state index in [9.17, 15) is 9.90 Å². The van der Waals surface area contributed by atoms with Crippen LogP contribution in [0.3, 0.4) is 0 Å². The van der Waals surface area contributed by atoms with Gasteiger partial charge in [-0.25, -0.2) is 4.79 Å². The van der Waals surface area contributed by atoms with Crippen molar-refractivity contribution in [2.75, 3.05) is 19.7 Å². The third-order valence-electron chi connectivity index (χ3n) is 5.78. The largest absolute Gasteiger partial charge is 0.508 e. The van der Waals surface area contributed by atoms with Crippen molar-refractivity contribution >= 4 is 23.4 Å². The van der Waals surface area contributed by atoms with E-state index in [2.05, 4.69) is 17.4 Å². The molecule has 0 aromatic heterocycles. The van der Waals surface area contributed by atoms with Gasteiger partial charge < -0.3 is 14.7 Å². The Morgan fingerprint density at radius 2 is 2.00 bits per heavy atom. The van der Waals surface area contributed by atoms with E-state index in [0.29, 0.717) is 44.0 Å². The summed E-state index contributed by atoms with van der Waals surface area (Å²) in [6, 6.07) is 15.1. The number of rotatable bonds is 3. The van der Waals surface area contributed by atoms with E-state index in [4.69, 9.17) is 21.3 Å². The SMILES string of the molecule is CCOC(=O)N1CCC2(CC1)N=C(c1ccccc1)C[C@@H](c1cc(Cl)ccc1O)N2. The molecule has 6 nitrogen and oxygen atoms in total. The molecule has 1 spiro atoms. The second-order valence-electron chi connectivity index (χ2n) is 7.75. The van der Waals surface area contributed by atoms with Gasteiger partial charge in [0.05, 0.1) is 6.61 Å². The number of nitrogens with one attached hydrogen (secondary N) is 1. The van der Waals surface area contributed by atoms with Gasteiger partial charge in [0.15, 0.2) is 0 Å². The number of phenols is 1. The van der Waals surface area contributed by atoms with Crippen LogP contribution in [0.15, 0.2) is 53.5 Å². The van der Waals surface area contributed by atoms with Crippen molar-refractivity contribution in [2.45, 2.75) is 37.9 Å². The summed E-state index contributed by atoms with van der Waals surface area (Å²) in [7, 11) is 0. The number of hydrogen-bond donors (Lipinski definition) is 2. The van der Waals surface area contributed by atoms with E-state index in [1.165, 1.54) is 0 Å². The summed E-state index contributed by atoms with van der Waals surface area (Å²) in [6.07, 6.45) is 1.70. The number of benzene rings is 2. The minimum Gasteiger partial charge on any atom is -0.508 e. The van der Waals surface area contributed by atoms with E-state index in [1.54, 1.807) is 17.0 Å². The molecule has 2 aromatic rings. The van der Waals surface area contributed by atoms with E-state index < -0.39 is 5.66 Å². The maximum Gasteiger partial charge on any atom is 0.409 e. The molecule has 2 N–H and O–H groups in total. The quantitative estimate of drug-likeness (QED) is 0.755. The van der Waals surface area contributed by atoms with Crippen LogP contribution in [0.2, 0.25) is 5.02 Å². The third-order valence-corrected chi connectivity index (χ3v) is 6.01. The maximum absolute atomic E-state index is 12.1. The van der Waals surface area contributed by atoms with Gasteiger partial charge in [-0.05, 0) is 30.7 Å². The molecule has 0 unspecified atom stereocenters. The maximum atomic E-state index is 12.1. The molecule has 1 saturated heterocycles. The van der Waals surface area contributed by atoms with Crippen LogP contribution in [0, 0.1) is 0 Å². The third kappa shape index (κ3) is 4.30. The highest BCUT2D eigenvalue weighted by Crippen LogP contribution is 2.38. The average molecular weight is 428 g/mol. The van der Waals surface area contributed by atoms with Crippen molar-refractivity contribution in [3.63, 3.8) is 0 Å². The number of carbonyl (C=O) groups excluding carboxylic acids is 1. The summed E-state index contributed by atoms with van der Waals surface area (Å²) >= 11 is 6.22. The minimum atomic E-state index is -0.508. The second kappa shape index (κ2) is 8.66. The normalized spacial score (nSPS) is 20.7. The average Bonchev–Trinajstić information content (AvgIpc) is 2.76. The lowest BCUT2D eigenvalue weighted by Crippen LogP contribution is -2.56. The zero-order chi connectivity index (χ0) is 21.1. The first-order chi connectivity index (χ1) is 14.5. The van der Waals surface area contributed by atoms with Gasteiger partial charge in [0.1, 0.15) is 11.4 Å². The lowest BCUT2D eigenvalue weighted by molar-refractivity contribution is 0.0778. The standard InChI is InChI=1S/C23H26ClN3O3/c1-2-30-22(29)27-12-10-23(11-13-27)25-19(16-6-4-3-5-7-16)15-20(26-23)18-14-17(24)8-9-21(18)28/h3-9,14,20,26,28H,2,10-13,15H2,1H3/t20-/m0/s1. The van der Waals surface area contributed by atoms with Crippen molar-refractivity contribution < 1.29 is 14.6 Å². The molecule has 2 heterocycles. The highest BCUT2D eigenvalue weighted by atomic mass is 35.5. The predicted molar refractivity (Wildman–Crippen MR) is 117 cm³/mol. The predicted octanol–water partition coefficient (Wildman–Crippen LogP) is 4.52. The van der Waals surface area contributed by atoms with E-state index in [1.807, 2.05) is 31.2 Å². The number of halogens is 1. The Hall–Kier alpha value is -2.57. The van der Waals surface area contributed by atoms with Crippen LogP contribution >= 0.6 is 11.6 Å². The van der Waals surface area contributed by atoms with Crippen molar-refractivity contribution in [2.24, 2.45) is 4.99 Å². The van der Waals surface area contributed by atoms with Crippen molar-refractivity contribution in [3.8, 4) is 5.75 Å². The van der Waals surface area contributed by atoms with E-state index in [0.717, 1.165) is 16.8 Å². The summed E-state index contributed by atoms with van der Waals surface area (Å²) in [4.78, 5) is 19.0. The van der Waals surface area contributed by atoms with Crippen LogP contribution in [-0.4, -0.2) is 47.2 Å². The van der Waals surface area contributed by atoms with E-state index in [-0.39, 0.29) is 17.9 Å². The lowest BCUT2D eigenvalue weighted by atomic mass is 9.87. The zero-order valence-electron chi connectivity index (χ0n) is 17.0. The number of phenolic OH excluding ortho intramolecular Hbond substituents is 1. The van der Waals surface area contributed by atoms with Crippen LogP contribution in [0.25, 0.3) is 0 Å². The summed E-state index contributed by atoms with van der Waals surface area (Å²) in [5.41, 5.74) is 2.31. The molecule has 158 valence electrons. The van der Waals surface area contributed by atoms with Crippen LogP contribution in [0.5, 0.6) is 5.75 Å². The van der Waals surface area contributed by atoms with E-state index >= 15 is 0 Å². The fraction of sp³-hybridized carbons (Fsp3) is 0.391. The van der Waals surface area contributed by atoms with Crippen molar-refractivity contribution in [3.05, 3.63) is 64.7 Å². The molecule has 2 aromatic carbocycles. The van der Waals surface area contributed by atoms with Crippen LogP contribution in [-0.2, 0) is 4.74 Å². The van der Waals surface area contributed by atoms with Gasteiger partial charge in [-0.2, -0.15) is 0 Å². The first-order valence-corrected chi connectivity index (χ1v) is 10.7. The molecule has 1 atom stereocenters. The number of nitrogens with zero attached hydrogens (tertiary/aromatic N) is 2. The molecular weight excluding hydrogens is 402 g/mol. The second-order valence-corrected chi connectivity index (χ2v) is 8.18. The molecule has 0 radical (unpaired) electrons. The van der Waals surface area contributed by atoms with Gasteiger partial charge in [0.2, 0.25) is 0 Å². The number of ether oxygens (including phenoxy) is 1. The smallest absolute Gasteiger partial charge is 0.409 e. The topological polar surface area (TPSA) is 74.2 Å². The van der Waals surface area contributed by atoms with Gasteiger partial charge in [0, 0.05) is 54.7 Å². The Morgan fingerprint density at radius 3 is 2.70 bits per heavy atom. The minimum absolute atomic E-state index is 0.134. The van der Waals surface area contributed by atoms with Gasteiger partial charge in [-0.15, -0.1) is 0 Å². The summed E-state index contributed by atoms with van der Waals surface area (Å²) in [6.45, 7) is 3.30. The van der Waals surface area contributed by atoms with Crippen molar-refractivity contribution in [1.29, 1.82) is 0 Å². The molecule has 7 heteroatoms. The summed E-state index contributed by atoms with van der Waals surface area (Å²) in [5, 5.41) is 14.7. The Morgan fingerprint density at radius 1 is 1.27 bits per heavy atom. The number of piperidine rings is 1. The molecule has 1 fully saturated rings. The Kier molecular flexibility index (Phi) is 5.97. The first kappa shape index (κ1) is 20.7. The van der Waals surface area contributed by atoms with Gasteiger partial charge in [-0.3, -0.25) is 10.3 Å². The molecular formula is C23H26ClN3O3. The fourth-order valence-electron chi connectivity index (χ4n) is 4.24. The first-order valence-electron chi connectivity index (χ1n) is 10.3. The number of hydrogen-bond acceptors (Lipinski definition) is 5. The lowest BCUT2D eigenvalue weighted by Gasteiger charge is -2.45. The van der Waals surface area contributed by atoms with Gasteiger partial charge >= 0.3 is 6.09 Å². The van der Waals surface area contributed by atoms with Crippen molar-refractivity contribution in [1.82, 2.24) is 10.2 Å². The number of likely N-dealkylation sites (tertiary alicyclic amines) is 1. The number of aliphatic imine (C=N–C) groups is 1. The molecule has 0 aliphatic carbocycles. The van der Waals surface area contributed by atoms with Crippen LogP contribution < -0.4 is 5.32 Å². The highest BCUT2D eigenvalue weighted by molar-refractivity contribution is 6.30. The summed E-state index contributed by atoms with van der Waals surface area (Å²) < 4.78 is 5.15. The summed E-state index contributed by atoms with van der Waals surface area (Å²) in [5.74, 6) is 0.213. The molecule has 2 aliphatic heterocycles. The molecule has 30 heavy (non-hydrogen) atoms. The molecule has 1 amide bonds. The van der Waals surface area contributed by atoms with Gasteiger partial charge in [-0.1, -0.05) is 41.9 Å².